The smallest absolute Gasteiger partial charge is 0.0417 e. The second-order valence-electron chi connectivity index (χ2n) is 7.25. The average Bonchev–Trinajstić information content (AvgIpc) is 2.36. The average molecular weight is 252 g/mol. The van der Waals surface area contributed by atoms with Gasteiger partial charge in [-0.15, -0.1) is 0 Å². The summed E-state index contributed by atoms with van der Waals surface area (Å²) in [4.78, 5) is 0. The molecular formula is C18H36. The lowest BCUT2D eigenvalue weighted by atomic mass is 9.87. The van der Waals surface area contributed by atoms with Gasteiger partial charge < -0.3 is 0 Å². The molecule has 0 N–H and O–H groups in total. The van der Waals surface area contributed by atoms with Gasteiger partial charge in [0.05, 0.1) is 0 Å². The van der Waals surface area contributed by atoms with Gasteiger partial charge in [0.1, 0.15) is 0 Å². The molecule has 0 aliphatic heterocycles. The third-order valence-electron chi connectivity index (χ3n) is 5.26. The second kappa shape index (κ2) is 8.99. The molecule has 0 heteroatoms. The van der Waals surface area contributed by atoms with Crippen LogP contribution < -0.4 is 0 Å². The van der Waals surface area contributed by atoms with Gasteiger partial charge in [0.25, 0.3) is 0 Å². The van der Waals surface area contributed by atoms with E-state index in [1.165, 1.54) is 64.2 Å². The fourth-order valence-corrected chi connectivity index (χ4v) is 3.41. The molecule has 1 aliphatic carbocycles. The van der Waals surface area contributed by atoms with Gasteiger partial charge in [0, 0.05) is 0 Å². The predicted octanol–water partition coefficient (Wildman–Crippen LogP) is 6.45. The summed E-state index contributed by atoms with van der Waals surface area (Å²) in [7, 11) is 0. The molecule has 0 aromatic heterocycles. The van der Waals surface area contributed by atoms with Crippen LogP contribution >= 0.6 is 0 Å². The molecule has 1 rings (SSSR count). The van der Waals surface area contributed by atoms with Crippen molar-refractivity contribution in [1.82, 2.24) is 0 Å². The van der Waals surface area contributed by atoms with Crippen LogP contribution in [0.25, 0.3) is 0 Å². The topological polar surface area (TPSA) is 0 Å². The minimum Gasteiger partial charge on any atom is -0.0651 e. The summed E-state index contributed by atoms with van der Waals surface area (Å²) in [5.41, 5.74) is 0. The highest BCUT2D eigenvalue weighted by atomic mass is 14.2. The summed E-state index contributed by atoms with van der Waals surface area (Å²) in [5.74, 6) is 3.89. The first-order valence-corrected chi connectivity index (χ1v) is 8.61. The second-order valence-corrected chi connectivity index (χ2v) is 7.25. The van der Waals surface area contributed by atoms with Gasteiger partial charge in [-0.3, -0.25) is 0 Å². The standard InChI is InChI=1S/C18H36/c1-5-18-13-11-16(3)8-6-7-15(2)9-10-17(4)12-14-18/h15-18H,5-14H2,1-4H3. The van der Waals surface area contributed by atoms with E-state index in [2.05, 4.69) is 27.7 Å². The van der Waals surface area contributed by atoms with Crippen LogP contribution in [0.15, 0.2) is 0 Å². The zero-order valence-corrected chi connectivity index (χ0v) is 13.4. The minimum absolute atomic E-state index is 0.958. The Balaban J connectivity index is 2.45. The van der Waals surface area contributed by atoms with Crippen LogP contribution in [0.3, 0.4) is 0 Å². The minimum atomic E-state index is 0.958. The van der Waals surface area contributed by atoms with Crippen molar-refractivity contribution in [2.24, 2.45) is 23.7 Å². The van der Waals surface area contributed by atoms with E-state index >= 15 is 0 Å². The van der Waals surface area contributed by atoms with Gasteiger partial charge in [-0.05, 0) is 23.7 Å². The molecule has 0 heterocycles. The lowest BCUT2D eigenvalue weighted by Crippen LogP contribution is -2.05. The van der Waals surface area contributed by atoms with Crippen molar-refractivity contribution in [2.45, 2.75) is 91.9 Å². The first-order chi connectivity index (χ1) is 8.61. The maximum absolute atomic E-state index is 2.47. The molecule has 108 valence electrons. The van der Waals surface area contributed by atoms with E-state index < -0.39 is 0 Å². The maximum atomic E-state index is 2.47. The van der Waals surface area contributed by atoms with Crippen molar-refractivity contribution in [3.05, 3.63) is 0 Å². The predicted molar refractivity (Wildman–Crippen MR) is 82.8 cm³/mol. The van der Waals surface area contributed by atoms with Crippen molar-refractivity contribution in [3.63, 3.8) is 0 Å². The maximum Gasteiger partial charge on any atom is -0.0417 e. The van der Waals surface area contributed by atoms with Gasteiger partial charge >= 0.3 is 0 Å². The molecule has 4 unspecified atom stereocenters. The molecule has 1 fully saturated rings. The Morgan fingerprint density at radius 1 is 0.611 bits per heavy atom. The highest BCUT2D eigenvalue weighted by Crippen LogP contribution is 2.28. The Hall–Kier alpha value is 0. The largest absolute Gasteiger partial charge is 0.0651 e. The van der Waals surface area contributed by atoms with E-state index in [-0.39, 0.29) is 0 Å². The van der Waals surface area contributed by atoms with Gasteiger partial charge in [-0.2, -0.15) is 0 Å². The molecule has 1 aliphatic rings. The van der Waals surface area contributed by atoms with Crippen molar-refractivity contribution in [3.8, 4) is 0 Å². The molecule has 1 saturated carbocycles. The fraction of sp³-hybridized carbons (Fsp3) is 1.00. The molecule has 4 atom stereocenters. The highest BCUT2D eigenvalue weighted by Gasteiger charge is 2.14. The van der Waals surface area contributed by atoms with Crippen LogP contribution in [-0.4, -0.2) is 0 Å². The Bertz CT molecular complexity index is 196. The molecule has 18 heavy (non-hydrogen) atoms. The first-order valence-electron chi connectivity index (χ1n) is 8.61. The lowest BCUT2D eigenvalue weighted by molar-refractivity contribution is 0.336. The van der Waals surface area contributed by atoms with Crippen LogP contribution in [-0.2, 0) is 0 Å². The molecular weight excluding hydrogens is 216 g/mol. The van der Waals surface area contributed by atoms with E-state index in [9.17, 15) is 0 Å². The highest BCUT2D eigenvalue weighted by molar-refractivity contribution is 4.67. The summed E-state index contributed by atoms with van der Waals surface area (Å²) in [5, 5.41) is 0. The summed E-state index contributed by atoms with van der Waals surface area (Å²) < 4.78 is 0. The van der Waals surface area contributed by atoms with E-state index in [1.54, 1.807) is 0 Å². The fourth-order valence-electron chi connectivity index (χ4n) is 3.41. The third-order valence-corrected chi connectivity index (χ3v) is 5.26. The number of hydrogen-bond donors (Lipinski definition) is 0. The summed E-state index contributed by atoms with van der Waals surface area (Å²) in [6.07, 6.45) is 14.6. The summed E-state index contributed by atoms with van der Waals surface area (Å²) >= 11 is 0. The van der Waals surface area contributed by atoms with Crippen molar-refractivity contribution in [2.75, 3.05) is 0 Å². The van der Waals surface area contributed by atoms with Crippen LogP contribution in [0.2, 0.25) is 0 Å². The normalized spacial score (nSPS) is 37.3. The zero-order valence-electron chi connectivity index (χ0n) is 13.4. The molecule has 0 bridgehead atoms. The molecule has 0 nitrogen and oxygen atoms in total. The Morgan fingerprint density at radius 3 is 1.44 bits per heavy atom. The van der Waals surface area contributed by atoms with Crippen LogP contribution in [0.1, 0.15) is 91.9 Å². The number of rotatable bonds is 1. The SMILES string of the molecule is CCC1CCC(C)CCCC(C)CCC(C)CC1. The number of hydrogen-bond acceptors (Lipinski definition) is 0. The molecule has 0 radical (unpaired) electrons. The molecule has 0 aromatic carbocycles. The van der Waals surface area contributed by atoms with E-state index in [0.717, 1.165) is 23.7 Å². The van der Waals surface area contributed by atoms with E-state index in [1.807, 2.05) is 0 Å². The Labute approximate surface area is 116 Å². The summed E-state index contributed by atoms with van der Waals surface area (Å²) in [6, 6.07) is 0. The van der Waals surface area contributed by atoms with Crippen LogP contribution in [0, 0.1) is 23.7 Å². The molecule has 0 saturated heterocycles. The van der Waals surface area contributed by atoms with Crippen LogP contribution in [0.4, 0.5) is 0 Å². The van der Waals surface area contributed by atoms with Gasteiger partial charge in [-0.1, -0.05) is 91.9 Å². The van der Waals surface area contributed by atoms with Crippen molar-refractivity contribution >= 4 is 0 Å². The Kier molecular flexibility index (Phi) is 8.02. The van der Waals surface area contributed by atoms with Crippen LogP contribution in [0.5, 0.6) is 0 Å². The van der Waals surface area contributed by atoms with Gasteiger partial charge in [0.2, 0.25) is 0 Å². The van der Waals surface area contributed by atoms with Crippen molar-refractivity contribution < 1.29 is 0 Å². The third kappa shape index (κ3) is 6.81. The summed E-state index contributed by atoms with van der Waals surface area (Å²) in [6.45, 7) is 9.80. The Morgan fingerprint density at radius 2 is 1.00 bits per heavy atom. The molecule has 0 spiro atoms. The zero-order chi connectivity index (χ0) is 13.4. The quantitative estimate of drug-likeness (QED) is 0.503. The molecule has 0 aromatic rings. The molecule has 0 amide bonds. The first kappa shape index (κ1) is 16.1. The monoisotopic (exact) mass is 252 g/mol. The lowest BCUT2D eigenvalue weighted by Gasteiger charge is -2.19. The van der Waals surface area contributed by atoms with Gasteiger partial charge in [-0.25, -0.2) is 0 Å². The van der Waals surface area contributed by atoms with Gasteiger partial charge in [0.15, 0.2) is 0 Å². The van der Waals surface area contributed by atoms with Crippen molar-refractivity contribution in [1.29, 1.82) is 0 Å². The van der Waals surface area contributed by atoms with E-state index in [4.69, 9.17) is 0 Å². The van der Waals surface area contributed by atoms with E-state index in [0.29, 0.717) is 0 Å².